The Hall–Kier alpha value is -1.99. The number of benzene rings is 2. The molecule has 0 N–H and O–H groups in total. The van der Waals surface area contributed by atoms with Crippen LogP contribution in [0.3, 0.4) is 0 Å². The first-order chi connectivity index (χ1) is 9.72. The molecule has 20 heavy (non-hydrogen) atoms. The van der Waals surface area contributed by atoms with Gasteiger partial charge < -0.3 is 4.42 Å². The van der Waals surface area contributed by atoms with Crippen molar-refractivity contribution in [2.45, 2.75) is 13.3 Å². The molecule has 3 aromatic rings. The van der Waals surface area contributed by atoms with Crippen LogP contribution in [-0.4, -0.2) is 0 Å². The first-order valence-electron chi connectivity index (χ1n) is 6.61. The zero-order chi connectivity index (χ0) is 13.9. The van der Waals surface area contributed by atoms with Gasteiger partial charge in [0.1, 0.15) is 11.5 Å². The Morgan fingerprint density at radius 3 is 2.35 bits per heavy atom. The molecule has 1 nitrogen and oxygen atoms in total. The molecule has 0 unspecified atom stereocenters. The van der Waals surface area contributed by atoms with Gasteiger partial charge in [-0.3, -0.25) is 0 Å². The van der Waals surface area contributed by atoms with Crippen molar-refractivity contribution in [3.8, 4) is 11.3 Å². The van der Waals surface area contributed by atoms with Crippen LogP contribution in [0.15, 0.2) is 65.1 Å². The summed E-state index contributed by atoms with van der Waals surface area (Å²) in [5, 5.41) is 0.766. The largest absolute Gasteiger partial charge is 0.461 e. The number of aryl methyl sites for hydroxylation is 1. The Labute approximate surface area is 123 Å². The minimum atomic E-state index is 0.766. The fraction of sp³-hybridized carbons (Fsp3) is 0.111. The standard InChI is InChI=1S/C18H15ClO/c1-13-16(11-14-7-9-17(19)10-8-14)12-18(20-13)15-5-3-2-4-6-15/h2-10,12H,11H2,1H3. The van der Waals surface area contributed by atoms with E-state index in [1.807, 2.05) is 37.3 Å². The first kappa shape index (κ1) is 13.0. The van der Waals surface area contributed by atoms with Crippen LogP contribution in [0.5, 0.6) is 0 Å². The Morgan fingerprint density at radius 2 is 1.65 bits per heavy atom. The molecule has 3 rings (SSSR count). The molecule has 0 spiro atoms. The third-order valence-electron chi connectivity index (χ3n) is 3.39. The highest BCUT2D eigenvalue weighted by Crippen LogP contribution is 2.27. The summed E-state index contributed by atoms with van der Waals surface area (Å²) < 4.78 is 5.87. The molecule has 0 saturated carbocycles. The lowest BCUT2D eigenvalue weighted by Crippen LogP contribution is -1.87. The summed E-state index contributed by atoms with van der Waals surface area (Å²) in [6.45, 7) is 2.01. The highest BCUT2D eigenvalue weighted by molar-refractivity contribution is 6.30. The summed E-state index contributed by atoms with van der Waals surface area (Å²) in [7, 11) is 0. The molecule has 0 amide bonds. The van der Waals surface area contributed by atoms with Crippen LogP contribution in [0.2, 0.25) is 5.02 Å². The fourth-order valence-electron chi connectivity index (χ4n) is 2.26. The average molecular weight is 283 g/mol. The average Bonchev–Trinajstić information content (AvgIpc) is 2.84. The van der Waals surface area contributed by atoms with E-state index in [-0.39, 0.29) is 0 Å². The summed E-state index contributed by atoms with van der Waals surface area (Å²) in [6.07, 6.45) is 0.860. The van der Waals surface area contributed by atoms with Crippen LogP contribution < -0.4 is 0 Å². The number of halogens is 1. The van der Waals surface area contributed by atoms with Crippen LogP contribution >= 0.6 is 11.6 Å². The van der Waals surface area contributed by atoms with Gasteiger partial charge >= 0.3 is 0 Å². The Morgan fingerprint density at radius 1 is 0.950 bits per heavy atom. The molecule has 0 atom stereocenters. The van der Waals surface area contributed by atoms with Crippen molar-refractivity contribution in [1.82, 2.24) is 0 Å². The van der Waals surface area contributed by atoms with Gasteiger partial charge in [-0.25, -0.2) is 0 Å². The number of hydrogen-bond acceptors (Lipinski definition) is 1. The minimum absolute atomic E-state index is 0.766. The highest BCUT2D eigenvalue weighted by atomic mass is 35.5. The lowest BCUT2D eigenvalue weighted by atomic mass is 10.0. The third-order valence-corrected chi connectivity index (χ3v) is 3.64. The first-order valence-corrected chi connectivity index (χ1v) is 6.99. The van der Waals surface area contributed by atoms with E-state index in [2.05, 4.69) is 30.3 Å². The molecule has 0 fully saturated rings. The molecule has 2 aromatic carbocycles. The molecule has 2 heteroatoms. The SMILES string of the molecule is Cc1oc(-c2ccccc2)cc1Cc1ccc(Cl)cc1. The van der Waals surface area contributed by atoms with E-state index >= 15 is 0 Å². The monoisotopic (exact) mass is 282 g/mol. The molecule has 1 aromatic heterocycles. The summed E-state index contributed by atoms with van der Waals surface area (Å²) in [5.74, 6) is 1.89. The second kappa shape index (κ2) is 5.56. The van der Waals surface area contributed by atoms with Crippen molar-refractivity contribution >= 4 is 11.6 Å². The van der Waals surface area contributed by atoms with E-state index in [0.29, 0.717) is 0 Å². The zero-order valence-corrected chi connectivity index (χ0v) is 12.0. The molecule has 0 aliphatic rings. The van der Waals surface area contributed by atoms with Gasteiger partial charge in [0, 0.05) is 17.0 Å². The minimum Gasteiger partial charge on any atom is -0.461 e. The maximum Gasteiger partial charge on any atom is 0.134 e. The van der Waals surface area contributed by atoms with Crippen LogP contribution in [0.25, 0.3) is 11.3 Å². The molecular weight excluding hydrogens is 268 g/mol. The molecule has 1 heterocycles. The van der Waals surface area contributed by atoms with Crippen molar-refractivity contribution in [1.29, 1.82) is 0 Å². The lowest BCUT2D eigenvalue weighted by Gasteiger charge is -1.99. The molecular formula is C18H15ClO. The zero-order valence-electron chi connectivity index (χ0n) is 11.3. The van der Waals surface area contributed by atoms with Crippen molar-refractivity contribution in [3.05, 3.63) is 82.6 Å². The predicted molar refractivity (Wildman–Crippen MR) is 83.1 cm³/mol. The maximum absolute atomic E-state index is 5.91. The van der Waals surface area contributed by atoms with E-state index in [1.54, 1.807) is 0 Å². The topological polar surface area (TPSA) is 13.1 Å². The highest BCUT2D eigenvalue weighted by Gasteiger charge is 2.09. The maximum atomic E-state index is 5.91. The molecule has 0 bridgehead atoms. The quantitative estimate of drug-likeness (QED) is 0.618. The van der Waals surface area contributed by atoms with Gasteiger partial charge in [-0.15, -0.1) is 0 Å². The van der Waals surface area contributed by atoms with E-state index in [0.717, 1.165) is 28.5 Å². The Balaban J connectivity index is 1.88. The molecule has 0 aliphatic heterocycles. The second-order valence-electron chi connectivity index (χ2n) is 4.86. The fourth-order valence-corrected chi connectivity index (χ4v) is 2.39. The molecule has 100 valence electrons. The van der Waals surface area contributed by atoms with Gasteiger partial charge in [0.25, 0.3) is 0 Å². The van der Waals surface area contributed by atoms with Crippen molar-refractivity contribution in [2.75, 3.05) is 0 Å². The smallest absolute Gasteiger partial charge is 0.134 e. The predicted octanol–water partition coefficient (Wildman–Crippen LogP) is 5.50. The van der Waals surface area contributed by atoms with Gasteiger partial charge in [-0.05, 0) is 36.2 Å². The molecule has 0 aliphatic carbocycles. The van der Waals surface area contributed by atoms with Gasteiger partial charge in [0.05, 0.1) is 0 Å². The van der Waals surface area contributed by atoms with Crippen LogP contribution in [0.1, 0.15) is 16.9 Å². The molecule has 0 radical (unpaired) electrons. The second-order valence-corrected chi connectivity index (χ2v) is 5.30. The Kier molecular flexibility index (Phi) is 3.62. The van der Waals surface area contributed by atoms with Crippen molar-refractivity contribution < 1.29 is 4.42 Å². The van der Waals surface area contributed by atoms with E-state index < -0.39 is 0 Å². The normalized spacial score (nSPS) is 10.7. The Bertz CT molecular complexity index is 696. The van der Waals surface area contributed by atoms with Gasteiger partial charge in [0.15, 0.2) is 0 Å². The van der Waals surface area contributed by atoms with Gasteiger partial charge in [-0.2, -0.15) is 0 Å². The number of furan rings is 1. The number of rotatable bonds is 3. The van der Waals surface area contributed by atoms with Crippen LogP contribution in [0, 0.1) is 6.92 Å². The van der Waals surface area contributed by atoms with E-state index in [1.165, 1.54) is 11.1 Å². The van der Waals surface area contributed by atoms with Crippen molar-refractivity contribution in [2.24, 2.45) is 0 Å². The molecule has 0 saturated heterocycles. The third kappa shape index (κ3) is 2.78. The van der Waals surface area contributed by atoms with Gasteiger partial charge in [-0.1, -0.05) is 54.1 Å². The van der Waals surface area contributed by atoms with Crippen molar-refractivity contribution in [3.63, 3.8) is 0 Å². The number of hydrogen-bond donors (Lipinski definition) is 0. The summed E-state index contributed by atoms with van der Waals surface area (Å²) in [6, 6.07) is 20.2. The van der Waals surface area contributed by atoms with Crippen LogP contribution in [-0.2, 0) is 6.42 Å². The summed E-state index contributed by atoms with van der Waals surface area (Å²) >= 11 is 5.91. The lowest BCUT2D eigenvalue weighted by molar-refractivity contribution is 0.544. The van der Waals surface area contributed by atoms with Gasteiger partial charge in [0.2, 0.25) is 0 Å². The van der Waals surface area contributed by atoms with Crippen LogP contribution in [0.4, 0.5) is 0 Å². The van der Waals surface area contributed by atoms with E-state index in [9.17, 15) is 0 Å². The van der Waals surface area contributed by atoms with E-state index in [4.69, 9.17) is 16.0 Å². The summed E-state index contributed by atoms with van der Waals surface area (Å²) in [5.41, 5.74) is 3.56. The summed E-state index contributed by atoms with van der Waals surface area (Å²) in [4.78, 5) is 0.